The molecule has 0 aliphatic rings. The maximum Gasteiger partial charge on any atom is 0.408 e. The standard InChI is InChI=1S/C14H16BrFN2O2.C3H8.C2H6/c1-14(2,3)20-13(19)18-11(8-17)6-9-4-5-10(15)7-12(9)16;1-3-2;1-2/h4-5,7,11H,6H2,1-3H3,(H,18,19);3H2,1-2H3;1-2H3/t11-;;/m0../s1. The first-order valence-corrected chi connectivity index (χ1v) is 9.25. The van der Waals surface area contributed by atoms with E-state index >= 15 is 0 Å². The van der Waals surface area contributed by atoms with E-state index in [9.17, 15) is 9.18 Å². The van der Waals surface area contributed by atoms with Crippen molar-refractivity contribution in [1.82, 2.24) is 5.32 Å². The van der Waals surface area contributed by atoms with Crippen LogP contribution in [0.1, 0.15) is 60.5 Å². The first kappa shape index (κ1) is 25.6. The average Bonchev–Trinajstić information content (AvgIpc) is 2.50. The molecule has 142 valence electrons. The van der Waals surface area contributed by atoms with E-state index in [1.165, 1.54) is 12.5 Å². The number of amides is 1. The third-order valence-electron chi connectivity index (χ3n) is 2.29. The molecule has 0 spiro atoms. The van der Waals surface area contributed by atoms with E-state index in [2.05, 4.69) is 35.1 Å². The highest BCUT2D eigenvalue weighted by Crippen LogP contribution is 2.16. The summed E-state index contributed by atoms with van der Waals surface area (Å²) in [7, 11) is 0. The maximum atomic E-state index is 13.7. The first-order chi connectivity index (χ1) is 11.6. The molecule has 0 aliphatic heterocycles. The van der Waals surface area contributed by atoms with Crippen molar-refractivity contribution in [1.29, 1.82) is 5.26 Å². The van der Waals surface area contributed by atoms with Crippen LogP contribution < -0.4 is 5.32 Å². The van der Waals surface area contributed by atoms with E-state index < -0.39 is 23.6 Å². The van der Waals surface area contributed by atoms with Crippen molar-refractivity contribution in [3.8, 4) is 6.07 Å². The number of benzene rings is 1. The minimum Gasteiger partial charge on any atom is -0.444 e. The molecule has 6 heteroatoms. The molecule has 4 nitrogen and oxygen atoms in total. The number of nitrogens with zero attached hydrogens (tertiary/aromatic N) is 1. The zero-order chi connectivity index (χ0) is 20.0. The molecule has 1 aromatic carbocycles. The van der Waals surface area contributed by atoms with Crippen LogP contribution in [0.3, 0.4) is 0 Å². The second-order valence-corrected chi connectivity index (χ2v) is 6.89. The summed E-state index contributed by atoms with van der Waals surface area (Å²) in [5.41, 5.74) is -0.289. The van der Waals surface area contributed by atoms with Gasteiger partial charge in [0.1, 0.15) is 17.5 Å². The van der Waals surface area contributed by atoms with Crippen LogP contribution in [0.2, 0.25) is 0 Å². The summed E-state index contributed by atoms with van der Waals surface area (Å²) in [6.07, 6.45) is 0.635. The first-order valence-electron chi connectivity index (χ1n) is 8.46. The van der Waals surface area contributed by atoms with E-state index in [0.717, 1.165) is 0 Å². The summed E-state index contributed by atoms with van der Waals surface area (Å²) in [6.45, 7) is 13.4. The van der Waals surface area contributed by atoms with Crippen molar-refractivity contribution < 1.29 is 13.9 Å². The van der Waals surface area contributed by atoms with Crippen molar-refractivity contribution >= 4 is 22.0 Å². The fourth-order valence-corrected chi connectivity index (χ4v) is 1.82. The van der Waals surface area contributed by atoms with Crippen LogP contribution in [0.25, 0.3) is 0 Å². The molecule has 0 fully saturated rings. The van der Waals surface area contributed by atoms with Gasteiger partial charge in [0, 0.05) is 10.9 Å². The van der Waals surface area contributed by atoms with Gasteiger partial charge in [-0.25, -0.2) is 9.18 Å². The Labute approximate surface area is 159 Å². The lowest BCUT2D eigenvalue weighted by molar-refractivity contribution is 0.0515. The van der Waals surface area contributed by atoms with Gasteiger partial charge < -0.3 is 10.1 Å². The molecule has 0 saturated carbocycles. The SMILES string of the molecule is CC.CC(C)(C)OC(=O)N[C@H](C#N)Cc1ccc(Br)cc1F.CCC. The van der Waals surface area contributed by atoms with Gasteiger partial charge in [0.2, 0.25) is 0 Å². The number of alkyl carbamates (subject to hydrolysis) is 1. The highest BCUT2D eigenvalue weighted by Gasteiger charge is 2.20. The van der Waals surface area contributed by atoms with Crippen LogP contribution in [0.4, 0.5) is 9.18 Å². The number of hydrogen-bond donors (Lipinski definition) is 1. The average molecular weight is 417 g/mol. The Morgan fingerprint density at radius 1 is 1.36 bits per heavy atom. The number of carbonyl (C=O) groups excluding carboxylic acids is 1. The third kappa shape index (κ3) is 13.4. The second-order valence-electron chi connectivity index (χ2n) is 5.97. The third-order valence-corrected chi connectivity index (χ3v) is 2.78. The number of nitrogens with one attached hydrogen (secondary N) is 1. The number of carbonyl (C=O) groups is 1. The van der Waals surface area contributed by atoms with E-state index in [4.69, 9.17) is 10.00 Å². The van der Waals surface area contributed by atoms with Crippen LogP contribution in [0.5, 0.6) is 0 Å². The van der Waals surface area contributed by atoms with Gasteiger partial charge in [-0.2, -0.15) is 5.26 Å². The lowest BCUT2D eigenvalue weighted by Crippen LogP contribution is -2.39. The molecular formula is C19H30BrFN2O2. The molecule has 0 saturated heterocycles. The number of hydrogen-bond acceptors (Lipinski definition) is 3. The minimum absolute atomic E-state index is 0.0782. The maximum absolute atomic E-state index is 13.7. The number of halogens is 2. The molecule has 25 heavy (non-hydrogen) atoms. The summed E-state index contributed by atoms with van der Waals surface area (Å²) in [4.78, 5) is 11.6. The topological polar surface area (TPSA) is 62.1 Å². The largest absolute Gasteiger partial charge is 0.444 e. The molecule has 0 radical (unpaired) electrons. The minimum atomic E-state index is -0.847. The molecule has 1 atom stereocenters. The van der Waals surface area contributed by atoms with Gasteiger partial charge in [0.05, 0.1) is 6.07 Å². The molecular weight excluding hydrogens is 387 g/mol. The van der Waals surface area contributed by atoms with E-state index in [1.54, 1.807) is 32.9 Å². The van der Waals surface area contributed by atoms with Crippen LogP contribution in [0, 0.1) is 17.1 Å². The van der Waals surface area contributed by atoms with Gasteiger partial charge >= 0.3 is 6.09 Å². The summed E-state index contributed by atoms with van der Waals surface area (Å²) in [6, 6.07) is 5.64. The molecule has 0 aromatic heterocycles. The normalized spacial score (nSPS) is 10.9. The summed E-state index contributed by atoms with van der Waals surface area (Å²) in [5, 5.41) is 11.4. The van der Waals surface area contributed by atoms with Crippen LogP contribution in [-0.4, -0.2) is 17.7 Å². The lowest BCUT2D eigenvalue weighted by atomic mass is 10.1. The fraction of sp³-hybridized carbons (Fsp3) is 0.579. The Hall–Kier alpha value is -1.61. The Morgan fingerprint density at radius 2 is 1.88 bits per heavy atom. The monoisotopic (exact) mass is 416 g/mol. The predicted molar refractivity (Wildman–Crippen MR) is 104 cm³/mol. The zero-order valence-corrected chi connectivity index (χ0v) is 17.8. The van der Waals surface area contributed by atoms with Gasteiger partial charge in [-0.05, 0) is 38.5 Å². The Balaban J connectivity index is 0. The van der Waals surface area contributed by atoms with Crippen molar-refractivity contribution in [2.24, 2.45) is 0 Å². The molecule has 1 amide bonds. The molecule has 0 aliphatic carbocycles. The number of rotatable bonds is 3. The molecule has 0 bridgehead atoms. The lowest BCUT2D eigenvalue weighted by Gasteiger charge is -2.21. The zero-order valence-electron chi connectivity index (χ0n) is 16.2. The summed E-state index contributed by atoms with van der Waals surface area (Å²) in [5.74, 6) is -0.425. The quantitative estimate of drug-likeness (QED) is 0.657. The van der Waals surface area contributed by atoms with Gasteiger partial charge in [-0.3, -0.25) is 0 Å². The van der Waals surface area contributed by atoms with Crippen LogP contribution in [-0.2, 0) is 11.2 Å². The van der Waals surface area contributed by atoms with Crippen LogP contribution in [0.15, 0.2) is 22.7 Å². The Bertz CT molecular complexity index is 551. The highest BCUT2D eigenvalue weighted by atomic mass is 79.9. The van der Waals surface area contributed by atoms with E-state index in [-0.39, 0.29) is 6.42 Å². The molecule has 1 aromatic rings. The highest BCUT2D eigenvalue weighted by molar-refractivity contribution is 9.10. The molecule has 0 unspecified atom stereocenters. The Morgan fingerprint density at radius 3 is 2.28 bits per heavy atom. The van der Waals surface area contributed by atoms with Crippen molar-refractivity contribution in [2.45, 2.75) is 73.0 Å². The van der Waals surface area contributed by atoms with Crippen molar-refractivity contribution in [2.75, 3.05) is 0 Å². The molecule has 1 N–H and O–H groups in total. The number of ether oxygens (including phenoxy) is 1. The Kier molecular flexibility index (Phi) is 14.0. The second kappa shape index (κ2) is 13.7. The molecule has 0 heterocycles. The summed E-state index contributed by atoms with van der Waals surface area (Å²) < 4.78 is 19.3. The van der Waals surface area contributed by atoms with Crippen LogP contribution >= 0.6 is 15.9 Å². The predicted octanol–water partition coefficient (Wildman–Crippen LogP) is 5.99. The van der Waals surface area contributed by atoms with E-state index in [1.807, 2.05) is 19.9 Å². The van der Waals surface area contributed by atoms with E-state index in [0.29, 0.717) is 10.0 Å². The van der Waals surface area contributed by atoms with Crippen molar-refractivity contribution in [3.05, 3.63) is 34.1 Å². The van der Waals surface area contributed by atoms with Gasteiger partial charge in [0.15, 0.2) is 0 Å². The number of nitriles is 1. The van der Waals surface area contributed by atoms with Gasteiger partial charge in [-0.1, -0.05) is 56.1 Å². The summed E-state index contributed by atoms with van der Waals surface area (Å²) >= 11 is 3.16. The van der Waals surface area contributed by atoms with Gasteiger partial charge in [0.25, 0.3) is 0 Å². The van der Waals surface area contributed by atoms with Crippen molar-refractivity contribution in [3.63, 3.8) is 0 Å². The fourth-order valence-electron chi connectivity index (χ4n) is 1.49. The molecule has 1 rings (SSSR count). The smallest absolute Gasteiger partial charge is 0.408 e. The van der Waals surface area contributed by atoms with Gasteiger partial charge in [-0.15, -0.1) is 0 Å².